The van der Waals surface area contributed by atoms with Crippen LogP contribution in [-0.2, 0) is 4.74 Å². The normalized spacial score (nSPS) is 18.7. The number of nitrogens with zero attached hydrogens (tertiary/aromatic N) is 2. The van der Waals surface area contributed by atoms with E-state index >= 15 is 0 Å². The van der Waals surface area contributed by atoms with Crippen molar-refractivity contribution in [1.82, 2.24) is 9.88 Å². The molecule has 0 spiro atoms. The molecule has 1 aliphatic heterocycles. The fourth-order valence-electron chi connectivity index (χ4n) is 2.20. The first-order chi connectivity index (χ1) is 9.83. The molecule has 2 rings (SSSR count). The van der Waals surface area contributed by atoms with Gasteiger partial charge in [0.05, 0.1) is 6.61 Å². The van der Waals surface area contributed by atoms with Gasteiger partial charge in [-0.2, -0.15) is 0 Å². The maximum absolute atomic E-state index is 12.0. The van der Waals surface area contributed by atoms with E-state index in [2.05, 4.69) is 4.98 Å². The molecule has 1 aromatic rings. The average Bonchev–Trinajstić information content (AvgIpc) is 2.85. The van der Waals surface area contributed by atoms with Crippen LogP contribution in [0.4, 0.5) is 4.79 Å². The molecular weight excluding hydrogens is 268 g/mol. The third-order valence-corrected chi connectivity index (χ3v) is 3.29. The Morgan fingerprint density at radius 1 is 1.43 bits per heavy atom. The molecule has 0 bridgehead atoms. The molecule has 1 fully saturated rings. The summed E-state index contributed by atoms with van der Waals surface area (Å²) in [5.74, 6) is 0.969. The summed E-state index contributed by atoms with van der Waals surface area (Å²) in [6.45, 7) is 9.62. The van der Waals surface area contributed by atoms with Gasteiger partial charge in [0.1, 0.15) is 5.60 Å². The van der Waals surface area contributed by atoms with Crippen LogP contribution in [0.1, 0.15) is 32.8 Å². The van der Waals surface area contributed by atoms with E-state index in [1.165, 1.54) is 0 Å². The van der Waals surface area contributed by atoms with Crippen LogP contribution < -0.4 is 4.74 Å². The number of likely N-dealkylation sites (tertiary alicyclic amines) is 1. The fraction of sp³-hybridized carbons (Fsp3) is 0.625. The van der Waals surface area contributed by atoms with Gasteiger partial charge in [0.15, 0.2) is 0 Å². The number of aryl methyl sites for hydroxylation is 1. The topological polar surface area (TPSA) is 51.7 Å². The number of carbonyl (C=O) groups is 1. The molecule has 1 aromatic heterocycles. The van der Waals surface area contributed by atoms with Gasteiger partial charge in [0.2, 0.25) is 5.88 Å². The lowest BCUT2D eigenvalue weighted by Gasteiger charge is -2.24. The predicted molar refractivity (Wildman–Crippen MR) is 80.4 cm³/mol. The molecular formula is C16H24N2O3. The molecule has 0 aliphatic carbocycles. The van der Waals surface area contributed by atoms with E-state index in [4.69, 9.17) is 9.47 Å². The Labute approximate surface area is 126 Å². The summed E-state index contributed by atoms with van der Waals surface area (Å²) >= 11 is 0. The molecule has 0 aromatic carbocycles. The number of hydrogen-bond acceptors (Lipinski definition) is 4. The van der Waals surface area contributed by atoms with Crippen LogP contribution in [-0.4, -0.2) is 41.3 Å². The average molecular weight is 292 g/mol. The summed E-state index contributed by atoms with van der Waals surface area (Å²) < 4.78 is 11.1. The SMILES string of the molecule is Cc1ccc(OCC2CCN(C(=O)OC(C)(C)C)C2)nc1. The zero-order valence-corrected chi connectivity index (χ0v) is 13.3. The van der Waals surface area contributed by atoms with Crippen molar-refractivity contribution >= 4 is 6.09 Å². The van der Waals surface area contributed by atoms with Crippen LogP contribution in [0.5, 0.6) is 5.88 Å². The van der Waals surface area contributed by atoms with Crippen molar-refractivity contribution in [3.63, 3.8) is 0 Å². The quantitative estimate of drug-likeness (QED) is 0.859. The van der Waals surface area contributed by atoms with Gasteiger partial charge in [0.25, 0.3) is 0 Å². The molecule has 0 radical (unpaired) electrons. The second kappa shape index (κ2) is 6.33. The lowest BCUT2D eigenvalue weighted by atomic mass is 10.1. The van der Waals surface area contributed by atoms with Crippen molar-refractivity contribution in [2.24, 2.45) is 5.92 Å². The van der Waals surface area contributed by atoms with Crippen molar-refractivity contribution in [2.45, 2.75) is 39.7 Å². The predicted octanol–water partition coefficient (Wildman–Crippen LogP) is 3.03. The minimum absolute atomic E-state index is 0.238. The Morgan fingerprint density at radius 3 is 2.81 bits per heavy atom. The molecule has 5 nitrogen and oxygen atoms in total. The summed E-state index contributed by atoms with van der Waals surface area (Å²) in [5.41, 5.74) is 0.664. The number of carbonyl (C=O) groups excluding carboxylic acids is 1. The van der Waals surface area contributed by atoms with Crippen molar-refractivity contribution in [3.05, 3.63) is 23.9 Å². The molecule has 5 heteroatoms. The highest BCUT2D eigenvalue weighted by molar-refractivity contribution is 5.68. The summed E-state index contributed by atoms with van der Waals surface area (Å²) in [4.78, 5) is 17.9. The summed E-state index contributed by atoms with van der Waals surface area (Å²) in [6.07, 6.45) is 2.49. The largest absolute Gasteiger partial charge is 0.477 e. The summed E-state index contributed by atoms with van der Waals surface area (Å²) in [6, 6.07) is 3.85. The molecule has 2 heterocycles. The van der Waals surface area contributed by atoms with Crippen molar-refractivity contribution in [1.29, 1.82) is 0 Å². The van der Waals surface area contributed by atoms with Gasteiger partial charge in [-0.1, -0.05) is 6.07 Å². The second-order valence-corrected chi connectivity index (χ2v) is 6.57. The van der Waals surface area contributed by atoms with E-state index in [1.54, 1.807) is 11.1 Å². The molecule has 1 amide bonds. The lowest BCUT2D eigenvalue weighted by Crippen LogP contribution is -2.35. The third-order valence-electron chi connectivity index (χ3n) is 3.29. The van der Waals surface area contributed by atoms with E-state index in [9.17, 15) is 4.79 Å². The van der Waals surface area contributed by atoms with Gasteiger partial charge < -0.3 is 14.4 Å². The van der Waals surface area contributed by atoms with E-state index in [1.807, 2.05) is 39.8 Å². The van der Waals surface area contributed by atoms with Crippen molar-refractivity contribution < 1.29 is 14.3 Å². The maximum atomic E-state index is 12.0. The number of pyridine rings is 1. The third kappa shape index (κ3) is 4.92. The highest BCUT2D eigenvalue weighted by Gasteiger charge is 2.30. The fourth-order valence-corrected chi connectivity index (χ4v) is 2.20. The zero-order valence-electron chi connectivity index (χ0n) is 13.3. The van der Waals surface area contributed by atoms with Gasteiger partial charge in [0, 0.05) is 31.3 Å². The molecule has 116 valence electrons. The Bertz CT molecular complexity index is 479. The van der Waals surface area contributed by atoms with Gasteiger partial charge in [-0.15, -0.1) is 0 Å². The monoisotopic (exact) mass is 292 g/mol. The highest BCUT2D eigenvalue weighted by Crippen LogP contribution is 2.20. The Kier molecular flexibility index (Phi) is 4.70. The van der Waals surface area contributed by atoms with Crippen LogP contribution in [0.3, 0.4) is 0 Å². The van der Waals surface area contributed by atoms with Crippen molar-refractivity contribution in [2.75, 3.05) is 19.7 Å². The summed E-state index contributed by atoms with van der Waals surface area (Å²) in [5, 5.41) is 0. The number of aromatic nitrogens is 1. The number of rotatable bonds is 3. The van der Waals surface area contributed by atoms with E-state index in [0.29, 0.717) is 24.9 Å². The molecule has 1 aliphatic rings. The Balaban J connectivity index is 1.77. The number of amides is 1. The van der Waals surface area contributed by atoms with Gasteiger partial charge in [-0.25, -0.2) is 9.78 Å². The highest BCUT2D eigenvalue weighted by atomic mass is 16.6. The van der Waals surface area contributed by atoms with Crippen LogP contribution >= 0.6 is 0 Å². The van der Waals surface area contributed by atoms with Crippen LogP contribution in [0.25, 0.3) is 0 Å². The standard InChI is InChI=1S/C16H24N2O3/c1-12-5-6-14(17-9-12)20-11-13-7-8-18(10-13)15(19)21-16(2,3)4/h5-6,9,13H,7-8,10-11H2,1-4H3. The van der Waals surface area contributed by atoms with E-state index < -0.39 is 5.60 Å². The van der Waals surface area contributed by atoms with Crippen LogP contribution in [0.15, 0.2) is 18.3 Å². The van der Waals surface area contributed by atoms with Crippen molar-refractivity contribution in [3.8, 4) is 5.88 Å². The number of hydrogen-bond donors (Lipinski definition) is 0. The first-order valence-electron chi connectivity index (χ1n) is 7.37. The smallest absolute Gasteiger partial charge is 0.410 e. The maximum Gasteiger partial charge on any atom is 0.410 e. The minimum atomic E-state index is -0.447. The first-order valence-corrected chi connectivity index (χ1v) is 7.37. The zero-order chi connectivity index (χ0) is 15.5. The second-order valence-electron chi connectivity index (χ2n) is 6.57. The molecule has 0 saturated carbocycles. The first kappa shape index (κ1) is 15.6. The molecule has 1 saturated heterocycles. The van der Waals surface area contributed by atoms with Crippen LogP contribution in [0, 0.1) is 12.8 Å². The summed E-state index contributed by atoms with van der Waals surface area (Å²) in [7, 11) is 0. The van der Waals surface area contributed by atoms with E-state index in [0.717, 1.165) is 18.5 Å². The minimum Gasteiger partial charge on any atom is -0.477 e. The van der Waals surface area contributed by atoms with Gasteiger partial charge in [-0.05, 0) is 39.7 Å². The Hall–Kier alpha value is -1.78. The van der Waals surface area contributed by atoms with E-state index in [-0.39, 0.29) is 6.09 Å². The molecule has 21 heavy (non-hydrogen) atoms. The lowest BCUT2D eigenvalue weighted by molar-refractivity contribution is 0.0284. The number of ether oxygens (including phenoxy) is 2. The molecule has 1 unspecified atom stereocenters. The van der Waals surface area contributed by atoms with Gasteiger partial charge in [-0.3, -0.25) is 0 Å². The Morgan fingerprint density at radius 2 is 2.19 bits per heavy atom. The molecule has 1 atom stereocenters. The van der Waals surface area contributed by atoms with Crippen LogP contribution in [0.2, 0.25) is 0 Å². The molecule has 0 N–H and O–H groups in total. The van der Waals surface area contributed by atoms with Gasteiger partial charge >= 0.3 is 6.09 Å².